The lowest BCUT2D eigenvalue weighted by Crippen LogP contribution is -2.29. The first kappa shape index (κ1) is 15.9. The zero-order valence-electron chi connectivity index (χ0n) is 14.7. The fourth-order valence-electron chi connectivity index (χ4n) is 3.35. The molecule has 1 saturated carbocycles. The Morgan fingerprint density at radius 1 is 1.32 bits per heavy atom. The van der Waals surface area contributed by atoms with Crippen molar-refractivity contribution >= 4 is 11.8 Å². The molecule has 1 aliphatic heterocycles. The summed E-state index contributed by atoms with van der Waals surface area (Å²) < 4.78 is 3.53. The third-order valence-corrected chi connectivity index (χ3v) is 5.01. The van der Waals surface area contributed by atoms with E-state index in [0.29, 0.717) is 24.3 Å². The number of nitrogens with zero attached hydrogens (tertiary/aromatic N) is 5. The lowest BCUT2D eigenvalue weighted by Gasteiger charge is -2.16. The number of carbonyl (C=O) groups excluding carboxylic acids is 2. The summed E-state index contributed by atoms with van der Waals surface area (Å²) in [6, 6.07) is 0.284. The highest BCUT2D eigenvalue weighted by atomic mass is 16.2. The van der Waals surface area contributed by atoms with E-state index >= 15 is 0 Å². The lowest BCUT2D eigenvalue weighted by molar-refractivity contribution is 0.0745. The van der Waals surface area contributed by atoms with Crippen molar-refractivity contribution < 1.29 is 9.59 Å². The van der Waals surface area contributed by atoms with E-state index in [9.17, 15) is 9.59 Å². The Morgan fingerprint density at radius 2 is 2.08 bits per heavy atom. The SMILES string of the molecule is CCn1ncc(C(=O)N2Cc3c(C(=O)NC4CC4)nn(C)c3C2)c1C. The van der Waals surface area contributed by atoms with Gasteiger partial charge in [-0.25, -0.2) is 0 Å². The maximum absolute atomic E-state index is 12.9. The van der Waals surface area contributed by atoms with Crippen LogP contribution in [0.5, 0.6) is 0 Å². The van der Waals surface area contributed by atoms with Gasteiger partial charge in [-0.1, -0.05) is 0 Å². The molecule has 8 nitrogen and oxygen atoms in total. The van der Waals surface area contributed by atoms with E-state index in [1.54, 1.807) is 15.8 Å². The number of fused-ring (bicyclic) bond motifs is 1. The van der Waals surface area contributed by atoms with Gasteiger partial charge in [-0.15, -0.1) is 0 Å². The Kier molecular flexibility index (Phi) is 3.63. The Labute approximate surface area is 145 Å². The highest BCUT2D eigenvalue weighted by Gasteiger charge is 2.34. The van der Waals surface area contributed by atoms with Gasteiger partial charge in [0, 0.05) is 30.9 Å². The molecule has 2 aromatic heterocycles. The summed E-state index contributed by atoms with van der Waals surface area (Å²) in [6.07, 6.45) is 3.70. The molecule has 2 amide bonds. The van der Waals surface area contributed by atoms with E-state index in [1.807, 2.05) is 25.6 Å². The third-order valence-electron chi connectivity index (χ3n) is 5.01. The Morgan fingerprint density at radius 3 is 2.72 bits per heavy atom. The van der Waals surface area contributed by atoms with Crippen LogP contribution in [0.3, 0.4) is 0 Å². The number of nitrogens with one attached hydrogen (secondary N) is 1. The van der Waals surface area contributed by atoms with Crippen LogP contribution in [0.25, 0.3) is 0 Å². The molecule has 4 rings (SSSR count). The molecule has 3 heterocycles. The average molecular weight is 342 g/mol. The van der Waals surface area contributed by atoms with Gasteiger partial charge >= 0.3 is 0 Å². The molecule has 0 bridgehead atoms. The molecule has 2 aliphatic rings. The maximum Gasteiger partial charge on any atom is 0.272 e. The zero-order valence-corrected chi connectivity index (χ0v) is 14.7. The molecule has 0 saturated heterocycles. The molecule has 0 unspecified atom stereocenters. The second-order valence-corrected chi connectivity index (χ2v) is 6.77. The van der Waals surface area contributed by atoms with Crippen LogP contribution >= 0.6 is 0 Å². The van der Waals surface area contributed by atoms with Crippen molar-refractivity contribution in [2.45, 2.75) is 52.4 Å². The third kappa shape index (κ3) is 2.61. The van der Waals surface area contributed by atoms with E-state index in [1.165, 1.54) is 0 Å². The minimum Gasteiger partial charge on any atom is -0.348 e. The number of carbonyl (C=O) groups is 2. The Hall–Kier alpha value is -2.64. The van der Waals surface area contributed by atoms with Crippen molar-refractivity contribution in [1.29, 1.82) is 0 Å². The highest BCUT2D eigenvalue weighted by Crippen LogP contribution is 2.28. The minimum atomic E-state index is -0.136. The monoisotopic (exact) mass is 342 g/mol. The normalized spacial score (nSPS) is 16.2. The predicted octanol–water partition coefficient (Wildman–Crippen LogP) is 0.993. The van der Waals surface area contributed by atoms with Gasteiger partial charge in [-0.05, 0) is 26.7 Å². The standard InChI is InChI=1S/C17H22N6O2/c1-4-23-10(2)12(7-18-23)17(25)22-8-13-14(9-22)21(3)20-15(13)16(24)19-11-5-6-11/h7,11H,4-6,8-9H2,1-3H3,(H,19,24). The molecule has 8 heteroatoms. The quantitative estimate of drug-likeness (QED) is 0.898. The molecule has 1 N–H and O–H groups in total. The van der Waals surface area contributed by atoms with Crippen molar-refractivity contribution in [2.24, 2.45) is 7.05 Å². The number of rotatable bonds is 4. The topological polar surface area (TPSA) is 85.1 Å². The molecule has 25 heavy (non-hydrogen) atoms. The van der Waals surface area contributed by atoms with Crippen LogP contribution in [0.15, 0.2) is 6.20 Å². The van der Waals surface area contributed by atoms with Gasteiger partial charge in [0.1, 0.15) is 0 Å². The van der Waals surface area contributed by atoms with E-state index in [2.05, 4.69) is 15.5 Å². The minimum absolute atomic E-state index is 0.0537. The summed E-state index contributed by atoms with van der Waals surface area (Å²) in [7, 11) is 1.82. The first-order valence-corrected chi connectivity index (χ1v) is 8.66. The first-order chi connectivity index (χ1) is 12.0. The molecule has 0 radical (unpaired) electrons. The molecule has 132 valence electrons. The fraction of sp³-hybridized carbons (Fsp3) is 0.529. The summed E-state index contributed by atoms with van der Waals surface area (Å²) in [6.45, 7) is 5.51. The van der Waals surface area contributed by atoms with E-state index in [-0.39, 0.29) is 17.9 Å². The van der Waals surface area contributed by atoms with Crippen molar-refractivity contribution in [3.8, 4) is 0 Å². The molecular formula is C17H22N6O2. The molecule has 0 spiro atoms. The van der Waals surface area contributed by atoms with Crippen molar-refractivity contribution in [2.75, 3.05) is 0 Å². The van der Waals surface area contributed by atoms with Gasteiger partial charge in [0.15, 0.2) is 5.69 Å². The summed E-state index contributed by atoms with van der Waals surface area (Å²) >= 11 is 0. The Balaban J connectivity index is 1.57. The number of hydrogen-bond acceptors (Lipinski definition) is 4. The summed E-state index contributed by atoms with van der Waals surface area (Å²) in [5.74, 6) is -0.189. The van der Waals surface area contributed by atoms with E-state index in [0.717, 1.165) is 36.3 Å². The number of aryl methyl sites for hydroxylation is 2. The van der Waals surface area contributed by atoms with E-state index < -0.39 is 0 Å². The molecule has 1 fully saturated rings. The first-order valence-electron chi connectivity index (χ1n) is 8.66. The van der Waals surface area contributed by atoms with Crippen LogP contribution in [0, 0.1) is 6.92 Å². The molecule has 2 aromatic rings. The lowest BCUT2D eigenvalue weighted by atomic mass is 10.2. The van der Waals surface area contributed by atoms with Crippen LogP contribution in [0.1, 0.15) is 57.6 Å². The fourth-order valence-corrected chi connectivity index (χ4v) is 3.35. The van der Waals surface area contributed by atoms with Crippen LogP contribution < -0.4 is 5.32 Å². The van der Waals surface area contributed by atoms with Gasteiger partial charge < -0.3 is 10.2 Å². The molecule has 1 aliphatic carbocycles. The number of aromatic nitrogens is 4. The van der Waals surface area contributed by atoms with Gasteiger partial charge in [-0.2, -0.15) is 10.2 Å². The second kappa shape index (κ2) is 5.72. The number of amides is 2. The zero-order chi connectivity index (χ0) is 17.7. The number of hydrogen-bond donors (Lipinski definition) is 1. The Bertz CT molecular complexity index is 861. The van der Waals surface area contributed by atoms with Crippen LogP contribution in [0.4, 0.5) is 0 Å². The molecule has 0 aromatic carbocycles. The van der Waals surface area contributed by atoms with Gasteiger partial charge in [0.05, 0.1) is 30.5 Å². The van der Waals surface area contributed by atoms with Crippen molar-refractivity contribution in [3.05, 3.63) is 34.4 Å². The smallest absolute Gasteiger partial charge is 0.272 e. The maximum atomic E-state index is 12.9. The summed E-state index contributed by atoms with van der Waals surface area (Å²) in [4.78, 5) is 27.0. The predicted molar refractivity (Wildman–Crippen MR) is 89.9 cm³/mol. The highest BCUT2D eigenvalue weighted by molar-refractivity contribution is 5.97. The summed E-state index contributed by atoms with van der Waals surface area (Å²) in [5, 5.41) is 11.6. The molecular weight excluding hydrogens is 320 g/mol. The van der Waals surface area contributed by atoms with Gasteiger partial charge in [-0.3, -0.25) is 19.0 Å². The van der Waals surface area contributed by atoms with Crippen LogP contribution in [-0.4, -0.2) is 42.3 Å². The van der Waals surface area contributed by atoms with Gasteiger partial charge in [0.2, 0.25) is 0 Å². The van der Waals surface area contributed by atoms with Crippen molar-refractivity contribution in [1.82, 2.24) is 29.8 Å². The van der Waals surface area contributed by atoms with Crippen LogP contribution in [-0.2, 0) is 26.7 Å². The second-order valence-electron chi connectivity index (χ2n) is 6.77. The largest absolute Gasteiger partial charge is 0.348 e. The van der Waals surface area contributed by atoms with Gasteiger partial charge in [0.25, 0.3) is 11.8 Å². The molecule has 0 atom stereocenters. The average Bonchev–Trinajstić information content (AvgIpc) is 3.05. The summed E-state index contributed by atoms with van der Waals surface area (Å²) in [5.41, 5.74) is 3.71. The van der Waals surface area contributed by atoms with E-state index in [4.69, 9.17) is 0 Å². The van der Waals surface area contributed by atoms with Crippen LogP contribution in [0.2, 0.25) is 0 Å². The van der Waals surface area contributed by atoms with Crippen molar-refractivity contribution in [3.63, 3.8) is 0 Å².